The Labute approximate surface area is 88.7 Å². The minimum absolute atomic E-state index is 0.226. The van der Waals surface area contributed by atoms with Gasteiger partial charge >= 0.3 is 0 Å². The van der Waals surface area contributed by atoms with Gasteiger partial charge in [0.25, 0.3) is 0 Å². The van der Waals surface area contributed by atoms with E-state index in [4.69, 9.17) is 0 Å². The van der Waals surface area contributed by atoms with E-state index in [1.807, 2.05) is 6.92 Å². The summed E-state index contributed by atoms with van der Waals surface area (Å²) in [6, 6.07) is 0. The van der Waals surface area contributed by atoms with Crippen LogP contribution in [0.15, 0.2) is 0 Å². The number of hydrogen-bond acceptors (Lipinski definition) is 3. The highest BCUT2D eigenvalue weighted by Gasteiger charge is 2.09. The van der Waals surface area contributed by atoms with Gasteiger partial charge in [0.15, 0.2) is 0 Å². The van der Waals surface area contributed by atoms with Crippen LogP contribution in [0.2, 0.25) is 0 Å². The zero-order valence-corrected chi connectivity index (χ0v) is 10.3. The van der Waals surface area contributed by atoms with E-state index in [0.29, 0.717) is 5.92 Å². The number of hydrogen-bond donors (Lipinski definition) is 1. The van der Waals surface area contributed by atoms with Crippen LogP contribution < -0.4 is 0 Å². The molecule has 0 aromatic carbocycles. The molecule has 0 aliphatic carbocycles. The van der Waals surface area contributed by atoms with Crippen molar-refractivity contribution in [2.75, 3.05) is 40.3 Å². The standard InChI is InChI=1S/C11H26N2O/c1-10(2)8-13(9-11(3)14)7-6-12(4)5/h10-11,14H,6-9H2,1-5H3/t11-/m0/s1. The van der Waals surface area contributed by atoms with E-state index in [-0.39, 0.29) is 6.10 Å². The Morgan fingerprint density at radius 2 is 1.57 bits per heavy atom. The van der Waals surface area contributed by atoms with Crippen LogP contribution in [0.25, 0.3) is 0 Å². The van der Waals surface area contributed by atoms with Crippen molar-refractivity contribution in [3.8, 4) is 0 Å². The van der Waals surface area contributed by atoms with Crippen molar-refractivity contribution < 1.29 is 5.11 Å². The molecular weight excluding hydrogens is 176 g/mol. The highest BCUT2D eigenvalue weighted by atomic mass is 16.3. The topological polar surface area (TPSA) is 26.7 Å². The summed E-state index contributed by atoms with van der Waals surface area (Å²) >= 11 is 0. The average Bonchev–Trinajstić information content (AvgIpc) is 1.97. The molecule has 0 saturated carbocycles. The third-order valence-corrected chi connectivity index (χ3v) is 2.01. The van der Waals surface area contributed by atoms with Crippen LogP contribution in [0.1, 0.15) is 20.8 Å². The lowest BCUT2D eigenvalue weighted by Gasteiger charge is -2.26. The summed E-state index contributed by atoms with van der Waals surface area (Å²) < 4.78 is 0. The summed E-state index contributed by atoms with van der Waals surface area (Å²) in [6.07, 6.45) is -0.226. The fourth-order valence-corrected chi connectivity index (χ4v) is 1.49. The minimum Gasteiger partial charge on any atom is -0.392 e. The molecule has 0 spiro atoms. The predicted molar refractivity (Wildman–Crippen MR) is 61.5 cm³/mol. The fraction of sp³-hybridized carbons (Fsp3) is 1.00. The van der Waals surface area contributed by atoms with Gasteiger partial charge in [-0.15, -0.1) is 0 Å². The summed E-state index contributed by atoms with van der Waals surface area (Å²) in [7, 11) is 4.16. The van der Waals surface area contributed by atoms with Crippen molar-refractivity contribution in [1.29, 1.82) is 0 Å². The molecular formula is C11H26N2O. The van der Waals surface area contributed by atoms with Gasteiger partial charge in [0.1, 0.15) is 0 Å². The SMILES string of the molecule is CC(C)CN(CCN(C)C)C[C@H](C)O. The predicted octanol–water partition coefficient (Wildman–Crippen LogP) is 0.887. The largest absolute Gasteiger partial charge is 0.392 e. The van der Waals surface area contributed by atoms with Crippen molar-refractivity contribution in [1.82, 2.24) is 9.80 Å². The maximum atomic E-state index is 9.35. The van der Waals surface area contributed by atoms with Crippen molar-refractivity contribution in [2.45, 2.75) is 26.9 Å². The van der Waals surface area contributed by atoms with Gasteiger partial charge in [-0.1, -0.05) is 13.8 Å². The van der Waals surface area contributed by atoms with E-state index in [0.717, 1.165) is 26.2 Å². The summed E-state index contributed by atoms with van der Waals surface area (Å²) in [5.41, 5.74) is 0. The molecule has 0 radical (unpaired) electrons. The number of aliphatic hydroxyl groups excluding tert-OH is 1. The van der Waals surface area contributed by atoms with Crippen LogP contribution in [0.4, 0.5) is 0 Å². The highest BCUT2D eigenvalue weighted by Crippen LogP contribution is 2.00. The van der Waals surface area contributed by atoms with Crippen molar-refractivity contribution in [2.24, 2.45) is 5.92 Å². The molecule has 0 fully saturated rings. The number of nitrogens with zero attached hydrogens (tertiary/aromatic N) is 2. The Hall–Kier alpha value is -0.120. The van der Waals surface area contributed by atoms with Crippen LogP contribution in [-0.4, -0.2) is 61.3 Å². The van der Waals surface area contributed by atoms with Gasteiger partial charge in [-0.2, -0.15) is 0 Å². The molecule has 0 unspecified atom stereocenters. The Kier molecular flexibility index (Phi) is 7.15. The molecule has 0 heterocycles. The molecule has 86 valence electrons. The van der Waals surface area contributed by atoms with E-state index >= 15 is 0 Å². The second-order valence-electron chi connectivity index (χ2n) is 4.81. The van der Waals surface area contributed by atoms with E-state index in [1.165, 1.54) is 0 Å². The van der Waals surface area contributed by atoms with Crippen LogP contribution in [0, 0.1) is 5.92 Å². The third-order valence-electron chi connectivity index (χ3n) is 2.01. The Morgan fingerprint density at radius 1 is 1.00 bits per heavy atom. The van der Waals surface area contributed by atoms with Gasteiger partial charge in [0, 0.05) is 26.2 Å². The maximum Gasteiger partial charge on any atom is 0.0639 e. The zero-order chi connectivity index (χ0) is 11.1. The molecule has 0 bridgehead atoms. The molecule has 1 N–H and O–H groups in total. The van der Waals surface area contributed by atoms with Gasteiger partial charge in [-0.25, -0.2) is 0 Å². The number of likely N-dealkylation sites (N-methyl/N-ethyl adjacent to an activating group) is 1. The Bertz CT molecular complexity index is 125. The van der Waals surface area contributed by atoms with Crippen molar-refractivity contribution >= 4 is 0 Å². The normalized spacial score (nSPS) is 14.4. The van der Waals surface area contributed by atoms with Gasteiger partial charge < -0.3 is 10.0 Å². The molecule has 3 nitrogen and oxygen atoms in total. The van der Waals surface area contributed by atoms with Gasteiger partial charge in [0.05, 0.1) is 6.10 Å². The van der Waals surface area contributed by atoms with Crippen LogP contribution in [0.5, 0.6) is 0 Å². The second-order valence-corrected chi connectivity index (χ2v) is 4.81. The first-order valence-electron chi connectivity index (χ1n) is 5.47. The van der Waals surface area contributed by atoms with Gasteiger partial charge in [0.2, 0.25) is 0 Å². The molecule has 0 aromatic heterocycles. The first-order chi connectivity index (χ1) is 6.41. The van der Waals surface area contributed by atoms with Gasteiger partial charge in [-0.3, -0.25) is 4.90 Å². The molecule has 0 saturated heterocycles. The van der Waals surface area contributed by atoms with E-state index in [9.17, 15) is 5.11 Å². The summed E-state index contributed by atoms with van der Waals surface area (Å²) in [6.45, 7) is 10.2. The van der Waals surface area contributed by atoms with E-state index < -0.39 is 0 Å². The molecule has 3 heteroatoms. The molecule has 0 aromatic rings. The highest BCUT2D eigenvalue weighted by molar-refractivity contribution is 4.64. The van der Waals surface area contributed by atoms with Crippen molar-refractivity contribution in [3.63, 3.8) is 0 Å². The lowest BCUT2D eigenvalue weighted by Crippen LogP contribution is -2.38. The lowest BCUT2D eigenvalue weighted by atomic mass is 10.2. The maximum absolute atomic E-state index is 9.35. The minimum atomic E-state index is -0.226. The molecule has 1 atom stereocenters. The summed E-state index contributed by atoms with van der Waals surface area (Å²) in [5.74, 6) is 0.663. The van der Waals surface area contributed by atoms with Crippen molar-refractivity contribution in [3.05, 3.63) is 0 Å². The molecule has 0 amide bonds. The number of aliphatic hydroxyl groups is 1. The average molecular weight is 202 g/mol. The first kappa shape index (κ1) is 13.9. The summed E-state index contributed by atoms with van der Waals surface area (Å²) in [4.78, 5) is 4.50. The lowest BCUT2D eigenvalue weighted by molar-refractivity contribution is 0.113. The van der Waals surface area contributed by atoms with Crippen LogP contribution >= 0.6 is 0 Å². The van der Waals surface area contributed by atoms with E-state index in [2.05, 4.69) is 37.7 Å². The van der Waals surface area contributed by atoms with Crippen LogP contribution in [-0.2, 0) is 0 Å². The Morgan fingerprint density at radius 3 is 1.93 bits per heavy atom. The zero-order valence-electron chi connectivity index (χ0n) is 10.3. The van der Waals surface area contributed by atoms with E-state index in [1.54, 1.807) is 0 Å². The number of rotatable bonds is 7. The van der Waals surface area contributed by atoms with Crippen LogP contribution in [0.3, 0.4) is 0 Å². The molecule has 0 aliphatic heterocycles. The molecule has 14 heavy (non-hydrogen) atoms. The second kappa shape index (κ2) is 7.21. The third kappa shape index (κ3) is 8.48. The fourth-order valence-electron chi connectivity index (χ4n) is 1.49. The molecule has 0 aliphatic rings. The first-order valence-corrected chi connectivity index (χ1v) is 5.47. The quantitative estimate of drug-likeness (QED) is 0.664. The monoisotopic (exact) mass is 202 g/mol. The molecule has 0 rings (SSSR count). The Balaban J connectivity index is 3.84. The summed E-state index contributed by atoms with van der Waals surface area (Å²) in [5, 5.41) is 9.35. The smallest absolute Gasteiger partial charge is 0.0639 e. The van der Waals surface area contributed by atoms with Gasteiger partial charge in [-0.05, 0) is 26.9 Å².